The van der Waals surface area contributed by atoms with Crippen LogP contribution in [0.15, 0.2) is 24.3 Å². The zero-order valence-corrected chi connectivity index (χ0v) is 10.4. The van der Waals surface area contributed by atoms with Gasteiger partial charge in [-0.25, -0.2) is 0 Å². The van der Waals surface area contributed by atoms with Crippen molar-refractivity contribution >= 4 is 11.4 Å². The molecule has 0 radical (unpaired) electrons. The predicted molar refractivity (Wildman–Crippen MR) is 69.7 cm³/mol. The number of benzene rings is 1. The van der Waals surface area contributed by atoms with Crippen LogP contribution in [0.4, 0.5) is 11.4 Å². The third-order valence-electron chi connectivity index (χ3n) is 2.65. The summed E-state index contributed by atoms with van der Waals surface area (Å²) in [6.07, 6.45) is 0.731. The molecule has 0 atom stereocenters. The number of hydrogen-bond donors (Lipinski definition) is 2. The SMILES string of the molecule is CCN(CCC(C)(C)O)c1ccccc1N. The molecule has 16 heavy (non-hydrogen) atoms. The highest BCUT2D eigenvalue weighted by Gasteiger charge is 2.15. The van der Waals surface area contributed by atoms with Gasteiger partial charge in [0.15, 0.2) is 0 Å². The molecular weight excluding hydrogens is 200 g/mol. The van der Waals surface area contributed by atoms with E-state index in [4.69, 9.17) is 5.73 Å². The quantitative estimate of drug-likeness (QED) is 0.751. The van der Waals surface area contributed by atoms with E-state index in [2.05, 4.69) is 11.8 Å². The summed E-state index contributed by atoms with van der Waals surface area (Å²) in [7, 11) is 0. The Morgan fingerprint density at radius 3 is 2.44 bits per heavy atom. The molecule has 0 saturated heterocycles. The Labute approximate surface area is 97.9 Å². The summed E-state index contributed by atoms with van der Waals surface area (Å²) in [6, 6.07) is 7.84. The van der Waals surface area contributed by atoms with E-state index < -0.39 is 5.60 Å². The van der Waals surface area contributed by atoms with Crippen molar-refractivity contribution in [1.29, 1.82) is 0 Å². The highest BCUT2D eigenvalue weighted by Crippen LogP contribution is 2.23. The molecule has 0 saturated carbocycles. The Morgan fingerprint density at radius 1 is 1.31 bits per heavy atom. The van der Waals surface area contributed by atoms with Gasteiger partial charge in [0.2, 0.25) is 0 Å². The lowest BCUT2D eigenvalue weighted by atomic mass is 10.1. The lowest BCUT2D eigenvalue weighted by molar-refractivity contribution is 0.0731. The van der Waals surface area contributed by atoms with Crippen LogP contribution < -0.4 is 10.6 Å². The molecule has 1 aromatic rings. The molecule has 0 bridgehead atoms. The second-order valence-electron chi connectivity index (χ2n) is 4.70. The molecule has 0 spiro atoms. The smallest absolute Gasteiger partial charge is 0.0608 e. The zero-order chi connectivity index (χ0) is 12.2. The van der Waals surface area contributed by atoms with Crippen molar-refractivity contribution in [3.05, 3.63) is 24.3 Å². The van der Waals surface area contributed by atoms with Crippen molar-refractivity contribution in [3.8, 4) is 0 Å². The predicted octanol–water partition coefficient (Wildman–Crippen LogP) is 2.26. The minimum absolute atomic E-state index is 0.628. The van der Waals surface area contributed by atoms with Crippen LogP contribution in [-0.2, 0) is 0 Å². The van der Waals surface area contributed by atoms with Gasteiger partial charge < -0.3 is 15.7 Å². The highest BCUT2D eigenvalue weighted by atomic mass is 16.3. The fourth-order valence-electron chi connectivity index (χ4n) is 1.63. The van der Waals surface area contributed by atoms with E-state index in [1.54, 1.807) is 0 Å². The lowest BCUT2D eigenvalue weighted by Crippen LogP contribution is -2.31. The molecule has 90 valence electrons. The van der Waals surface area contributed by atoms with Gasteiger partial charge in [-0.15, -0.1) is 0 Å². The first-order valence-corrected chi connectivity index (χ1v) is 5.76. The number of nitrogens with zero attached hydrogens (tertiary/aromatic N) is 1. The molecule has 0 heterocycles. The van der Waals surface area contributed by atoms with Crippen molar-refractivity contribution < 1.29 is 5.11 Å². The van der Waals surface area contributed by atoms with Crippen LogP contribution >= 0.6 is 0 Å². The maximum atomic E-state index is 9.72. The van der Waals surface area contributed by atoms with Crippen molar-refractivity contribution in [3.63, 3.8) is 0 Å². The minimum atomic E-state index is -0.628. The Hall–Kier alpha value is -1.22. The topological polar surface area (TPSA) is 49.5 Å². The van der Waals surface area contributed by atoms with E-state index in [0.717, 1.165) is 30.9 Å². The van der Waals surface area contributed by atoms with Gasteiger partial charge in [0, 0.05) is 13.1 Å². The highest BCUT2D eigenvalue weighted by molar-refractivity contribution is 5.67. The Kier molecular flexibility index (Phi) is 4.19. The molecule has 3 N–H and O–H groups in total. The number of nitrogen functional groups attached to an aromatic ring is 1. The average molecular weight is 222 g/mol. The van der Waals surface area contributed by atoms with Crippen molar-refractivity contribution in [2.75, 3.05) is 23.7 Å². The van der Waals surface area contributed by atoms with E-state index in [1.165, 1.54) is 0 Å². The number of anilines is 2. The molecular formula is C13H22N2O. The number of rotatable bonds is 5. The normalized spacial score (nSPS) is 11.5. The fourth-order valence-corrected chi connectivity index (χ4v) is 1.63. The van der Waals surface area contributed by atoms with Gasteiger partial charge in [0.05, 0.1) is 17.0 Å². The lowest BCUT2D eigenvalue weighted by Gasteiger charge is -2.27. The van der Waals surface area contributed by atoms with Crippen LogP contribution in [0.2, 0.25) is 0 Å². The van der Waals surface area contributed by atoms with E-state index in [-0.39, 0.29) is 0 Å². The molecule has 0 aliphatic heterocycles. The van der Waals surface area contributed by atoms with E-state index in [0.29, 0.717) is 0 Å². The fraction of sp³-hybridized carbons (Fsp3) is 0.538. The molecule has 0 amide bonds. The summed E-state index contributed by atoms with van der Waals surface area (Å²) in [6.45, 7) is 7.46. The van der Waals surface area contributed by atoms with Gasteiger partial charge in [-0.2, -0.15) is 0 Å². The van der Waals surface area contributed by atoms with Crippen LogP contribution in [0.3, 0.4) is 0 Å². The molecule has 1 aromatic carbocycles. The Morgan fingerprint density at radius 2 is 1.94 bits per heavy atom. The van der Waals surface area contributed by atoms with E-state index >= 15 is 0 Å². The standard InChI is InChI=1S/C13H22N2O/c1-4-15(10-9-13(2,3)16)12-8-6-5-7-11(12)14/h5-8,16H,4,9-10,14H2,1-3H3. The second kappa shape index (κ2) is 5.21. The van der Waals surface area contributed by atoms with Crippen LogP contribution in [-0.4, -0.2) is 23.8 Å². The van der Waals surface area contributed by atoms with Gasteiger partial charge in [-0.1, -0.05) is 12.1 Å². The second-order valence-corrected chi connectivity index (χ2v) is 4.70. The molecule has 3 nitrogen and oxygen atoms in total. The molecule has 0 aromatic heterocycles. The monoisotopic (exact) mass is 222 g/mol. The molecule has 0 unspecified atom stereocenters. The maximum absolute atomic E-state index is 9.72. The van der Waals surface area contributed by atoms with E-state index in [1.807, 2.05) is 38.1 Å². The van der Waals surface area contributed by atoms with Gasteiger partial charge in [0.1, 0.15) is 0 Å². The first-order valence-electron chi connectivity index (χ1n) is 5.76. The summed E-state index contributed by atoms with van der Waals surface area (Å²) in [5, 5.41) is 9.72. The van der Waals surface area contributed by atoms with E-state index in [9.17, 15) is 5.11 Å². The molecule has 3 heteroatoms. The molecule has 1 rings (SSSR count). The molecule has 0 aliphatic carbocycles. The molecule has 0 fully saturated rings. The summed E-state index contributed by atoms with van der Waals surface area (Å²) in [5.74, 6) is 0. The van der Waals surface area contributed by atoms with Gasteiger partial charge in [0.25, 0.3) is 0 Å². The van der Waals surface area contributed by atoms with Gasteiger partial charge in [-0.05, 0) is 39.3 Å². The summed E-state index contributed by atoms with van der Waals surface area (Å²) >= 11 is 0. The number of para-hydroxylation sites is 2. The van der Waals surface area contributed by atoms with Crippen molar-refractivity contribution in [2.24, 2.45) is 0 Å². The number of hydrogen-bond acceptors (Lipinski definition) is 3. The first-order chi connectivity index (χ1) is 7.44. The number of nitrogens with two attached hydrogens (primary N) is 1. The summed E-state index contributed by atoms with van der Waals surface area (Å²) in [4.78, 5) is 2.19. The first kappa shape index (κ1) is 12.8. The summed E-state index contributed by atoms with van der Waals surface area (Å²) < 4.78 is 0. The third-order valence-corrected chi connectivity index (χ3v) is 2.65. The maximum Gasteiger partial charge on any atom is 0.0608 e. The largest absolute Gasteiger partial charge is 0.397 e. The van der Waals surface area contributed by atoms with Crippen LogP contribution in [0.5, 0.6) is 0 Å². The average Bonchev–Trinajstić information content (AvgIpc) is 2.20. The van der Waals surface area contributed by atoms with Crippen LogP contribution in [0, 0.1) is 0 Å². The Balaban J connectivity index is 2.72. The van der Waals surface area contributed by atoms with Crippen molar-refractivity contribution in [2.45, 2.75) is 32.8 Å². The summed E-state index contributed by atoms with van der Waals surface area (Å²) in [5.41, 5.74) is 7.15. The zero-order valence-electron chi connectivity index (χ0n) is 10.4. The van der Waals surface area contributed by atoms with Crippen molar-refractivity contribution in [1.82, 2.24) is 0 Å². The molecule has 0 aliphatic rings. The minimum Gasteiger partial charge on any atom is -0.397 e. The Bertz CT molecular complexity index is 331. The number of aliphatic hydroxyl groups is 1. The van der Waals surface area contributed by atoms with Crippen LogP contribution in [0.25, 0.3) is 0 Å². The van der Waals surface area contributed by atoms with Gasteiger partial charge >= 0.3 is 0 Å². The third kappa shape index (κ3) is 3.74. The van der Waals surface area contributed by atoms with Gasteiger partial charge in [-0.3, -0.25) is 0 Å². The van der Waals surface area contributed by atoms with Crippen LogP contribution in [0.1, 0.15) is 27.2 Å².